The Hall–Kier alpha value is -1.35. The summed E-state index contributed by atoms with van der Waals surface area (Å²) in [4.78, 5) is 14.2. The van der Waals surface area contributed by atoms with Crippen molar-refractivity contribution in [3.63, 3.8) is 0 Å². The minimum absolute atomic E-state index is 0.0766. The Balaban J connectivity index is 1.80. The van der Waals surface area contributed by atoms with Gasteiger partial charge in [0.2, 0.25) is 5.91 Å². The third kappa shape index (κ3) is 3.03. The average Bonchev–Trinajstić information content (AvgIpc) is 2.81. The van der Waals surface area contributed by atoms with Crippen LogP contribution in [0.5, 0.6) is 0 Å². The molecule has 1 aliphatic heterocycles. The number of hydrogen-bond donors (Lipinski definition) is 1. The molecule has 1 aliphatic carbocycles. The predicted molar refractivity (Wildman–Crippen MR) is 94.4 cm³/mol. The summed E-state index contributed by atoms with van der Waals surface area (Å²) in [6, 6.07) is 9.59. The van der Waals surface area contributed by atoms with Crippen LogP contribution in [0.25, 0.3) is 0 Å². The van der Waals surface area contributed by atoms with Crippen molar-refractivity contribution >= 4 is 5.91 Å². The number of benzene rings is 1. The maximum atomic E-state index is 11.6. The van der Waals surface area contributed by atoms with E-state index >= 15 is 0 Å². The first-order valence-corrected chi connectivity index (χ1v) is 9.03. The number of nitrogens with one attached hydrogen (secondary N) is 1. The molecule has 3 heteroatoms. The van der Waals surface area contributed by atoms with E-state index in [2.05, 4.69) is 55.3 Å². The number of fused-ring (bicyclic) bond motifs is 2. The molecule has 2 aliphatic rings. The number of carbonyl (C=O) groups excluding carboxylic acids is 1. The van der Waals surface area contributed by atoms with Crippen molar-refractivity contribution in [2.45, 2.75) is 64.5 Å². The summed E-state index contributed by atoms with van der Waals surface area (Å²) in [6.07, 6.45) is 3.48. The minimum Gasteiger partial charge on any atom is -0.349 e. The van der Waals surface area contributed by atoms with E-state index in [1.165, 1.54) is 37.1 Å². The molecule has 1 spiro atoms. The summed E-state index contributed by atoms with van der Waals surface area (Å²) in [5.74, 6) is 0.778. The molecular formula is C20H30N2O. The SMILES string of the molecule is CC(=O)NC1CC2(CCN(C(C)C(C)C)CC2)c2ccccc21. The molecular weight excluding hydrogens is 284 g/mol. The number of carbonyl (C=O) groups is 1. The second kappa shape index (κ2) is 6.27. The Morgan fingerprint density at radius 3 is 2.48 bits per heavy atom. The molecule has 1 N–H and O–H groups in total. The first-order chi connectivity index (χ1) is 10.9. The summed E-state index contributed by atoms with van der Waals surface area (Å²) in [7, 11) is 0. The van der Waals surface area contributed by atoms with E-state index in [0.717, 1.165) is 6.42 Å². The molecule has 1 amide bonds. The summed E-state index contributed by atoms with van der Waals surface area (Å²) in [6.45, 7) is 10.9. The van der Waals surface area contributed by atoms with E-state index in [9.17, 15) is 4.79 Å². The van der Waals surface area contributed by atoms with Gasteiger partial charge < -0.3 is 10.2 Å². The second-order valence-electron chi connectivity index (χ2n) is 7.85. The highest BCUT2D eigenvalue weighted by Crippen LogP contribution is 2.50. The molecule has 1 aromatic carbocycles. The van der Waals surface area contributed by atoms with Crippen molar-refractivity contribution in [2.24, 2.45) is 5.92 Å². The minimum atomic E-state index is 0.0766. The van der Waals surface area contributed by atoms with Crippen molar-refractivity contribution in [2.75, 3.05) is 13.1 Å². The van der Waals surface area contributed by atoms with Gasteiger partial charge in [-0.15, -0.1) is 0 Å². The van der Waals surface area contributed by atoms with Gasteiger partial charge in [0, 0.05) is 18.4 Å². The van der Waals surface area contributed by atoms with Gasteiger partial charge in [0.05, 0.1) is 6.04 Å². The van der Waals surface area contributed by atoms with E-state index in [1.807, 2.05) is 0 Å². The van der Waals surface area contributed by atoms with Crippen molar-refractivity contribution < 1.29 is 4.79 Å². The Morgan fingerprint density at radius 2 is 1.87 bits per heavy atom. The van der Waals surface area contributed by atoms with Crippen molar-refractivity contribution in [3.8, 4) is 0 Å². The highest BCUT2D eigenvalue weighted by atomic mass is 16.1. The third-order valence-electron chi connectivity index (χ3n) is 6.18. The monoisotopic (exact) mass is 314 g/mol. The van der Waals surface area contributed by atoms with Crippen LogP contribution in [-0.4, -0.2) is 29.9 Å². The van der Waals surface area contributed by atoms with Crippen molar-refractivity contribution in [1.82, 2.24) is 10.2 Å². The molecule has 3 rings (SSSR count). The number of amides is 1. The lowest BCUT2D eigenvalue weighted by Crippen LogP contribution is -2.47. The summed E-state index contributed by atoms with van der Waals surface area (Å²) < 4.78 is 0. The van der Waals surface area contributed by atoms with Gasteiger partial charge >= 0.3 is 0 Å². The van der Waals surface area contributed by atoms with Gasteiger partial charge in [-0.05, 0) is 56.3 Å². The molecule has 1 fully saturated rings. The van der Waals surface area contributed by atoms with Gasteiger partial charge in [-0.3, -0.25) is 4.79 Å². The lowest BCUT2D eigenvalue weighted by molar-refractivity contribution is -0.119. The van der Waals surface area contributed by atoms with Gasteiger partial charge in [0.1, 0.15) is 0 Å². The largest absolute Gasteiger partial charge is 0.349 e. The van der Waals surface area contributed by atoms with E-state index in [1.54, 1.807) is 6.92 Å². The van der Waals surface area contributed by atoms with Crippen molar-refractivity contribution in [1.29, 1.82) is 0 Å². The van der Waals surface area contributed by atoms with Gasteiger partial charge in [0.15, 0.2) is 0 Å². The van der Waals surface area contributed by atoms with Crippen molar-refractivity contribution in [3.05, 3.63) is 35.4 Å². The zero-order valence-electron chi connectivity index (χ0n) is 14.9. The van der Waals surface area contributed by atoms with Gasteiger partial charge in [-0.25, -0.2) is 0 Å². The topological polar surface area (TPSA) is 32.3 Å². The van der Waals surface area contributed by atoms with Crippen LogP contribution >= 0.6 is 0 Å². The van der Waals surface area contributed by atoms with E-state index in [4.69, 9.17) is 0 Å². The standard InChI is InChI=1S/C20H30N2O/c1-14(2)15(3)22-11-9-20(10-12-22)13-19(21-16(4)23)17-7-5-6-8-18(17)20/h5-8,14-15,19H,9-13H2,1-4H3,(H,21,23). The molecule has 2 unspecified atom stereocenters. The molecule has 1 heterocycles. The van der Waals surface area contributed by atoms with Crippen LogP contribution < -0.4 is 5.32 Å². The molecule has 0 radical (unpaired) electrons. The highest BCUT2D eigenvalue weighted by Gasteiger charge is 2.45. The first kappa shape index (κ1) is 16.5. The Morgan fingerprint density at radius 1 is 1.22 bits per heavy atom. The normalized spacial score (nSPS) is 24.7. The van der Waals surface area contributed by atoms with E-state index in [-0.39, 0.29) is 17.4 Å². The number of piperidine rings is 1. The van der Waals surface area contributed by atoms with E-state index in [0.29, 0.717) is 12.0 Å². The van der Waals surface area contributed by atoms with E-state index < -0.39 is 0 Å². The molecule has 23 heavy (non-hydrogen) atoms. The van der Waals surface area contributed by atoms with Crippen LogP contribution in [-0.2, 0) is 10.2 Å². The number of likely N-dealkylation sites (tertiary alicyclic amines) is 1. The quantitative estimate of drug-likeness (QED) is 0.923. The maximum absolute atomic E-state index is 11.6. The van der Waals surface area contributed by atoms with Gasteiger partial charge in [-0.2, -0.15) is 0 Å². The van der Waals surface area contributed by atoms with Crippen LogP contribution in [0.3, 0.4) is 0 Å². The first-order valence-electron chi connectivity index (χ1n) is 9.03. The molecule has 0 aromatic heterocycles. The number of hydrogen-bond acceptors (Lipinski definition) is 2. The van der Waals surface area contributed by atoms with Gasteiger partial charge in [-0.1, -0.05) is 38.1 Å². The number of rotatable bonds is 3. The highest BCUT2D eigenvalue weighted by molar-refractivity contribution is 5.73. The zero-order chi connectivity index (χ0) is 16.6. The van der Waals surface area contributed by atoms with Crippen LogP contribution in [0.1, 0.15) is 64.1 Å². The molecule has 1 aromatic rings. The van der Waals surface area contributed by atoms with Crippen LogP contribution in [0.4, 0.5) is 0 Å². The Bertz CT molecular complexity index is 573. The van der Waals surface area contributed by atoms with Crippen LogP contribution in [0.15, 0.2) is 24.3 Å². The van der Waals surface area contributed by atoms with Crippen LogP contribution in [0, 0.1) is 5.92 Å². The lowest BCUT2D eigenvalue weighted by Gasteiger charge is -2.43. The summed E-state index contributed by atoms with van der Waals surface area (Å²) >= 11 is 0. The lowest BCUT2D eigenvalue weighted by atomic mass is 9.73. The smallest absolute Gasteiger partial charge is 0.217 e. The molecule has 126 valence electrons. The van der Waals surface area contributed by atoms with Crippen LogP contribution in [0.2, 0.25) is 0 Å². The zero-order valence-corrected chi connectivity index (χ0v) is 14.9. The average molecular weight is 314 g/mol. The molecule has 0 bridgehead atoms. The Kier molecular flexibility index (Phi) is 4.50. The third-order valence-corrected chi connectivity index (χ3v) is 6.18. The Labute approximate surface area is 140 Å². The fourth-order valence-corrected chi connectivity index (χ4v) is 4.52. The summed E-state index contributed by atoms with van der Waals surface area (Å²) in [5.41, 5.74) is 3.08. The maximum Gasteiger partial charge on any atom is 0.217 e. The molecule has 3 nitrogen and oxygen atoms in total. The molecule has 2 atom stereocenters. The fourth-order valence-electron chi connectivity index (χ4n) is 4.52. The summed E-state index contributed by atoms with van der Waals surface area (Å²) in [5, 5.41) is 3.17. The van der Waals surface area contributed by atoms with Gasteiger partial charge in [0.25, 0.3) is 0 Å². The molecule has 1 saturated heterocycles. The second-order valence-corrected chi connectivity index (χ2v) is 7.85. The predicted octanol–water partition coefficient (Wildman–Crippen LogP) is 3.65. The molecule has 0 saturated carbocycles. The fraction of sp³-hybridized carbons (Fsp3) is 0.650. The number of nitrogens with zero attached hydrogens (tertiary/aromatic N) is 1.